The molecule has 2 heterocycles. The van der Waals surface area contributed by atoms with Crippen molar-refractivity contribution in [2.75, 3.05) is 6.61 Å². The molecule has 166 valence electrons. The minimum atomic E-state index is -0.814. The lowest BCUT2D eigenvalue weighted by molar-refractivity contribution is 0.0526. The quantitative estimate of drug-likeness (QED) is 0.432. The summed E-state index contributed by atoms with van der Waals surface area (Å²) >= 11 is 7.37. The molecule has 1 aliphatic carbocycles. The average Bonchev–Trinajstić information content (AvgIpc) is 3.12. The third-order valence-corrected chi connectivity index (χ3v) is 6.57. The van der Waals surface area contributed by atoms with Gasteiger partial charge in [-0.3, -0.25) is 9.78 Å². The first kappa shape index (κ1) is 22.0. The maximum Gasteiger partial charge on any atom is 0.341 e. The Bertz CT molecular complexity index is 1340. The molecule has 0 unspecified atom stereocenters. The Morgan fingerprint density at radius 1 is 1.34 bits per heavy atom. The number of aromatic amines is 1. The molecule has 3 aromatic rings. The predicted molar refractivity (Wildman–Crippen MR) is 124 cm³/mol. The first-order valence-corrected chi connectivity index (χ1v) is 11.3. The molecular weight excluding hydrogens is 454 g/mol. The van der Waals surface area contributed by atoms with Crippen LogP contribution < -0.4 is 11.2 Å². The Kier molecular flexibility index (Phi) is 6.29. The molecule has 0 bridgehead atoms. The molecule has 0 atom stereocenters. The number of aromatic hydroxyl groups is 1. The average molecular weight is 474 g/mol. The van der Waals surface area contributed by atoms with Gasteiger partial charge < -0.3 is 9.84 Å². The lowest BCUT2D eigenvalue weighted by Gasteiger charge is -2.11. The van der Waals surface area contributed by atoms with Gasteiger partial charge in [0, 0.05) is 16.1 Å². The molecule has 32 heavy (non-hydrogen) atoms. The number of aromatic nitrogens is 2. The van der Waals surface area contributed by atoms with Gasteiger partial charge in [0.2, 0.25) is 5.88 Å². The van der Waals surface area contributed by atoms with E-state index in [4.69, 9.17) is 16.3 Å². The fourth-order valence-electron chi connectivity index (χ4n) is 3.69. The zero-order valence-corrected chi connectivity index (χ0v) is 18.8. The maximum atomic E-state index is 12.6. The highest BCUT2D eigenvalue weighted by molar-refractivity contribution is 7.16. The number of nitrogens with zero attached hydrogens (tertiary/aromatic N) is 2. The topological polar surface area (TPSA) is 114 Å². The van der Waals surface area contributed by atoms with Crippen molar-refractivity contribution in [3.63, 3.8) is 0 Å². The Hall–Kier alpha value is -3.17. The summed E-state index contributed by atoms with van der Waals surface area (Å²) in [7, 11) is 0. The van der Waals surface area contributed by atoms with Gasteiger partial charge in [0.15, 0.2) is 0 Å². The molecule has 1 aliphatic rings. The summed E-state index contributed by atoms with van der Waals surface area (Å²) in [4.78, 5) is 45.0. The molecule has 0 saturated heterocycles. The van der Waals surface area contributed by atoms with E-state index in [2.05, 4.69) is 9.98 Å². The van der Waals surface area contributed by atoms with Gasteiger partial charge in [-0.05, 0) is 56.4 Å². The molecule has 8 nitrogen and oxygen atoms in total. The number of carbonyl (C=O) groups excluding carboxylic acids is 1. The van der Waals surface area contributed by atoms with Gasteiger partial charge >= 0.3 is 11.7 Å². The fourth-order valence-corrected chi connectivity index (χ4v) is 5.09. The fraction of sp³-hybridized carbons (Fsp3) is 0.273. The van der Waals surface area contributed by atoms with Gasteiger partial charge in [0.05, 0.1) is 17.9 Å². The van der Waals surface area contributed by atoms with E-state index in [0.29, 0.717) is 15.6 Å². The number of rotatable bonds is 5. The number of aryl methyl sites for hydroxylation is 1. The maximum absolute atomic E-state index is 12.6. The van der Waals surface area contributed by atoms with Gasteiger partial charge in [-0.1, -0.05) is 17.7 Å². The van der Waals surface area contributed by atoms with Gasteiger partial charge in [-0.25, -0.2) is 19.1 Å². The van der Waals surface area contributed by atoms with Crippen molar-refractivity contribution in [1.29, 1.82) is 0 Å². The highest BCUT2D eigenvalue weighted by atomic mass is 35.5. The van der Waals surface area contributed by atoms with Crippen molar-refractivity contribution in [3.8, 4) is 11.6 Å². The van der Waals surface area contributed by atoms with Gasteiger partial charge in [-0.15, -0.1) is 11.3 Å². The molecule has 1 aromatic carbocycles. The molecule has 0 aliphatic heterocycles. The third-order valence-electron chi connectivity index (χ3n) is 5.13. The van der Waals surface area contributed by atoms with Crippen LogP contribution in [0.4, 0.5) is 5.00 Å². The van der Waals surface area contributed by atoms with Crippen molar-refractivity contribution in [1.82, 2.24) is 9.55 Å². The standard InChI is InChI=1S/C22H20ClN3O5S/c1-2-31-21(29)17-14-8-3-4-9-16(14)32-19(17)24-11-15-18(27)25-22(30)26(20(15)28)13-7-5-6-12(23)10-13/h5-7,10-11,28H,2-4,8-9H2,1H3,(H,25,27,30). The van der Waals surface area contributed by atoms with Crippen LogP contribution in [0.25, 0.3) is 5.69 Å². The molecule has 2 N–H and O–H groups in total. The molecule has 10 heteroatoms. The predicted octanol–water partition coefficient (Wildman–Crippen LogP) is 3.75. The van der Waals surface area contributed by atoms with E-state index in [1.807, 2.05) is 0 Å². The number of benzene rings is 1. The first-order valence-electron chi connectivity index (χ1n) is 10.1. The Labute approximate surface area is 191 Å². The van der Waals surface area contributed by atoms with E-state index in [1.165, 1.54) is 17.4 Å². The van der Waals surface area contributed by atoms with E-state index in [-0.39, 0.29) is 17.9 Å². The number of esters is 1. The monoisotopic (exact) mass is 473 g/mol. The van der Waals surface area contributed by atoms with E-state index < -0.39 is 23.1 Å². The van der Waals surface area contributed by atoms with Crippen molar-refractivity contribution < 1.29 is 14.6 Å². The van der Waals surface area contributed by atoms with Crippen LogP contribution in [0, 0.1) is 0 Å². The summed E-state index contributed by atoms with van der Waals surface area (Å²) in [6.07, 6.45) is 4.79. The van der Waals surface area contributed by atoms with E-state index in [0.717, 1.165) is 46.9 Å². The van der Waals surface area contributed by atoms with Crippen LogP contribution in [0.1, 0.15) is 46.1 Å². The van der Waals surface area contributed by atoms with E-state index >= 15 is 0 Å². The molecule has 4 rings (SSSR count). The van der Waals surface area contributed by atoms with Crippen LogP contribution in [-0.4, -0.2) is 33.4 Å². The lowest BCUT2D eigenvalue weighted by atomic mass is 9.95. The molecule has 2 aromatic heterocycles. The molecule has 0 saturated carbocycles. The highest BCUT2D eigenvalue weighted by Crippen LogP contribution is 2.40. The van der Waals surface area contributed by atoms with Crippen LogP contribution in [0.5, 0.6) is 5.88 Å². The molecule has 0 radical (unpaired) electrons. The summed E-state index contributed by atoms with van der Waals surface area (Å²) in [5.41, 5.74) is -0.203. The number of nitrogens with one attached hydrogen (secondary N) is 1. The Morgan fingerprint density at radius 3 is 2.88 bits per heavy atom. The van der Waals surface area contributed by atoms with Gasteiger partial charge in [0.25, 0.3) is 5.56 Å². The van der Waals surface area contributed by atoms with Crippen molar-refractivity contribution in [2.24, 2.45) is 4.99 Å². The second-order valence-electron chi connectivity index (χ2n) is 7.18. The number of thiophene rings is 1. The van der Waals surface area contributed by atoms with E-state index in [9.17, 15) is 19.5 Å². The molecule has 0 fully saturated rings. The minimum Gasteiger partial charge on any atom is -0.493 e. The Morgan fingerprint density at radius 2 is 2.12 bits per heavy atom. The summed E-state index contributed by atoms with van der Waals surface area (Å²) in [5.74, 6) is -1.04. The second kappa shape index (κ2) is 9.13. The number of hydrogen-bond acceptors (Lipinski definition) is 7. The van der Waals surface area contributed by atoms with Crippen LogP contribution in [0.2, 0.25) is 5.02 Å². The number of hydrogen-bond donors (Lipinski definition) is 2. The van der Waals surface area contributed by atoms with Crippen molar-refractivity contribution in [2.45, 2.75) is 32.6 Å². The molecular formula is C22H20ClN3O5S. The number of fused-ring (bicyclic) bond motifs is 1. The summed E-state index contributed by atoms with van der Waals surface area (Å²) in [6, 6.07) is 6.29. The van der Waals surface area contributed by atoms with Crippen LogP contribution >= 0.6 is 22.9 Å². The zero-order valence-electron chi connectivity index (χ0n) is 17.2. The Balaban J connectivity index is 1.82. The SMILES string of the molecule is CCOC(=O)c1c(N=Cc2c(O)n(-c3cccc(Cl)c3)c(=O)[nH]c2=O)sc2c1CCCC2. The number of ether oxygens (including phenoxy) is 1. The number of carbonyl (C=O) groups is 1. The first-order chi connectivity index (χ1) is 15.4. The largest absolute Gasteiger partial charge is 0.493 e. The van der Waals surface area contributed by atoms with Crippen molar-refractivity contribution >= 4 is 40.1 Å². The second-order valence-corrected chi connectivity index (χ2v) is 8.70. The van der Waals surface area contributed by atoms with Crippen molar-refractivity contribution in [3.05, 3.63) is 71.7 Å². The smallest absolute Gasteiger partial charge is 0.341 e. The third kappa shape index (κ3) is 4.13. The normalized spacial score (nSPS) is 13.3. The summed E-state index contributed by atoms with van der Waals surface area (Å²) in [6.45, 7) is 1.97. The minimum absolute atomic E-state index is 0.217. The molecule has 0 spiro atoms. The van der Waals surface area contributed by atoms with E-state index in [1.54, 1.807) is 25.1 Å². The van der Waals surface area contributed by atoms with Gasteiger partial charge in [-0.2, -0.15) is 0 Å². The highest BCUT2D eigenvalue weighted by Gasteiger charge is 2.26. The molecule has 0 amide bonds. The number of aliphatic imine (C=N–C) groups is 1. The van der Waals surface area contributed by atoms with Crippen LogP contribution in [0.3, 0.4) is 0 Å². The van der Waals surface area contributed by atoms with Gasteiger partial charge in [0.1, 0.15) is 10.6 Å². The zero-order chi connectivity index (χ0) is 22.8. The summed E-state index contributed by atoms with van der Waals surface area (Å²) in [5, 5.41) is 11.5. The number of halogens is 1. The van der Waals surface area contributed by atoms with Crippen LogP contribution in [-0.2, 0) is 17.6 Å². The lowest BCUT2D eigenvalue weighted by Crippen LogP contribution is -2.31. The number of H-pyrrole nitrogens is 1. The summed E-state index contributed by atoms with van der Waals surface area (Å²) < 4.78 is 6.15. The van der Waals surface area contributed by atoms with Crippen LogP contribution in [0.15, 0.2) is 38.8 Å².